The van der Waals surface area contributed by atoms with E-state index < -0.39 is 147 Å². The van der Waals surface area contributed by atoms with E-state index in [1.165, 1.54) is 0 Å². The van der Waals surface area contributed by atoms with E-state index in [0.29, 0.717) is 6.42 Å². The summed E-state index contributed by atoms with van der Waals surface area (Å²) in [5.74, 6) is -5.34. The fourth-order valence-corrected chi connectivity index (χ4v) is 8.08. The molecule has 386 valence electrons. The van der Waals surface area contributed by atoms with E-state index in [1.54, 1.807) is 74.6 Å². The molecule has 0 aromatic heterocycles. The number of esters is 1. The van der Waals surface area contributed by atoms with Crippen LogP contribution in [0.3, 0.4) is 0 Å². The van der Waals surface area contributed by atoms with Crippen LogP contribution in [-0.4, -0.2) is 179 Å². The van der Waals surface area contributed by atoms with Crippen molar-refractivity contribution >= 4 is 11.9 Å². The van der Waals surface area contributed by atoms with Crippen molar-refractivity contribution in [3.8, 4) is 0 Å². The Morgan fingerprint density at radius 1 is 0.750 bits per heavy atom. The normalized spacial score (nSPS) is 42.2. The maximum atomic E-state index is 13.8. The molecular formula is C49H78N2O17. The lowest BCUT2D eigenvalue weighted by Crippen LogP contribution is -2.60. The van der Waals surface area contributed by atoms with Crippen LogP contribution in [0.2, 0.25) is 0 Å². The van der Waals surface area contributed by atoms with Crippen molar-refractivity contribution in [2.75, 3.05) is 13.2 Å². The van der Waals surface area contributed by atoms with E-state index in [4.69, 9.17) is 24.7 Å². The summed E-state index contributed by atoms with van der Waals surface area (Å²) in [4.78, 5) is 26.3. The Morgan fingerprint density at radius 2 is 1.35 bits per heavy atom. The number of nitrogens with two attached hydrogens (primary N) is 1. The molecule has 19 heteroatoms. The predicted octanol–water partition coefficient (Wildman–Crippen LogP) is -0.120. The minimum atomic E-state index is -2.30. The Balaban J connectivity index is 1.91. The number of hydrogen-bond donors (Lipinski definition) is 13. The summed E-state index contributed by atoms with van der Waals surface area (Å²) < 4.78 is 23.2. The first-order valence-electron chi connectivity index (χ1n) is 23.6. The van der Waals surface area contributed by atoms with Crippen LogP contribution < -0.4 is 11.1 Å². The highest BCUT2D eigenvalue weighted by Crippen LogP contribution is 2.38. The molecule has 19 nitrogen and oxygen atoms in total. The summed E-state index contributed by atoms with van der Waals surface area (Å²) in [5, 5.41) is 121. The number of carbonyl (C=O) groups is 2. The number of hydrogen-bond acceptors (Lipinski definition) is 18. The molecular weight excluding hydrogens is 889 g/mol. The lowest BCUT2D eigenvalue weighted by atomic mass is 9.82. The smallest absolute Gasteiger partial charge is 0.308 e. The van der Waals surface area contributed by atoms with Gasteiger partial charge in [0, 0.05) is 38.0 Å². The number of aliphatic hydroxyl groups is 11. The van der Waals surface area contributed by atoms with Crippen LogP contribution >= 0.6 is 0 Å². The monoisotopic (exact) mass is 967 g/mol. The second-order valence-electron chi connectivity index (χ2n) is 18.2. The van der Waals surface area contributed by atoms with E-state index >= 15 is 0 Å². The summed E-state index contributed by atoms with van der Waals surface area (Å²) in [6, 6.07) is -1.80. The van der Waals surface area contributed by atoms with Gasteiger partial charge in [-0.15, -0.1) is 0 Å². The number of rotatable bonds is 6. The first kappa shape index (κ1) is 58.8. The molecule has 2 fully saturated rings. The Bertz CT molecular complexity index is 1700. The molecule has 3 aliphatic heterocycles. The Labute approximate surface area is 399 Å². The van der Waals surface area contributed by atoms with Crippen LogP contribution in [0.1, 0.15) is 85.0 Å². The minimum Gasteiger partial charge on any atom is -0.462 e. The molecule has 0 aromatic rings. The Kier molecular flexibility index (Phi) is 26.2. The molecule has 0 aromatic carbocycles. The standard InChI is InChI=1S/C49H78N2O17/c1-4-32(28-52)51-47(63)44-40(59)27-49(64)26-35(55)23-39(58)37(56)20-19-33(53)22-34(54)24-43(61)66-31(3)21-38(57)30(2)17-15-13-11-9-7-5-6-8-10-12-14-16-18-36(25-42(44)68-49)67-48-46(62)45(50)41(60)29-65-48/h5-18,30-42,44-46,48,52-60,62,64H,4,19-29,50H2,1-3H3,(H,51,63)/b6-5+,9-7+,10-8+,13-11+,14-12+,17-15+,18-16+/t30-,31-,32?,33?,34?,35?,36?,37+,38-,39?,40-,41+,42-,44+,45-,46-,48-,49?/m0/s1. The van der Waals surface area contributed by atoms with Crippen molar-refractivity contribution in [3.63, 3.8) is 0 Å². The van der Waals surface area contributed by atoms with Crippen molar-refractivity contribution in [1.29, 1.82) is 0 Å². The molecule has 3 rings (SSSR count). The highest BCUT2D eigenvalue weighted by molar-refractivity contribution is 5.80. The fraction of sp³-hybridized carbons (Fsp3) is 0.673. The van der Waals surface area contributed by atoms with Gasteiger partial charge in [0.1, 0.15) is 12.2 Å². The third-order valence-corrected chi connectivity index (χ3v) is 12.1. The number of fused-ring (bicyclic) bond motifs is 2. The van der Waals surface area contributed by atoms with E-state index in [2.05, 4.69) is 5.32 Å². The summed E-state index contributed by atoms with van der Waals surface area (Å²) >= 11 is 0. The zero-order valence-corrected chi connectivity index (χ0v) is 39.3. The van der Waals surface area contributed by atoms with Gasteiger partial charge in [-0.25, -0.2) is 0 Å². The second kappa shape index (κ2) is 30.3. The molecule has 0 radical (unpaired) electrons. The molecule has 0 aliphatic carbocycles. The summed E-state index contributed by atoms with van der Waals surface area (Å²) in [5.41, 5.74) is 6.00. The topological polar surface area (TPSA) is 332 Å². The van der Waals surface area contributed by atoms with E-state index in [9.17, 15) is 65.8 Å². The molecule has 3 aliphatic rings. The van der Waals surface area contributed by atoms with Crippen LogP contribution in [0, 0.1) is 11.8 Å². The molecule has 18 atom stereocenters. The zero-order valence-electron chi connectivity index (χ0n) is 39.3. The third kappa shape index (κ3) is 20.9. The van der Waals surface area contributed by atoms with Gasteiger partial charge in [0.15, 0.2) is 12.1 Å². The van der Waals surface area contributed by atoms with Crippen molar-refractivity contribution in [2.45, 2.75) is 182 Å². The Morgan fingerprint density at radius 3 is 1.96 bits per heavy atom. The highest BCUT2D eigenvalue weighted by Gasteiger charge is 2.50. The molecule has 2 saturated heterocycles. The SMILES string of the molecule is CCC(CO)NC(=O)[C@H]1[C@@H]2CC(O[C@@H]3OC[C@@H](O)[C@H](N)[C@@H]3O)/C=C/C=C/C=C/C=C/C=C/C=C/C=C/[C@H](C)[C@@H](O)C[C@H](C)OC(=O)CC(O)CC(O)CC[C@@H](O)C(O)CC(O)CC(O)(C[C@@H]1O)O2. The number of carbonyl (C=O) groups excluding carboxylic acids is 2. The van der Waals surface area contributed by atoms with E-state index in [-0.39, 0.29) is 44.6 Å². The average Bonchev–Trinajstić information content (AvgIpc) is 3.26. The summed E-state index contributed by atoms with van der Waals surface area (Å²) in [6.07, 6.45) is 5.64. The zero-order chi connectivity index (χ0) is 50.4. The third-order valence-electron chi connectivity index (χ3n) is 12.1. The van der Waals surface area contributed by atoms with Gasteiger partial charge in [-0.2, -0.15) is 0 Å². The van der Waals surface area contributed by atoms with Gasteiger partial charge in [-0.05, 0) is 32.6 Å². The number of nitrogens with one attached hydrogen (secondary N) is 1. The molecule has 7 unspecified atom stereocenters. The van der Waals surface area contributed by atoms with Crippen molar-refractivity contribution in [1.82, 2.24) is 5.32 Å². The number of allylic oxidation sites excluding steroid dienone is 12. The molecule has 1 amide bonds. The van der Waals surface area contributed by atoms with E-state index in [0.717, 1.165) is 0 Å². The predicted molar refractivity (Wildman–Crippen MR) is 250 cm³/mol. The van der Waals surface area contributed by atoms with Gasteiger partial charge >= 0.3 is 5.97 Å². The van der Waals surface area contributed by atoms with Crippen LogP contribution in [-0.2, 0) is 28.5 Å². The Hall–Kier alpha value is -3.48. The lowest BCUT2D eigenvalue weighted by molar-refractivity contribution is -0.304. The minimum absolute atomic E-state index is 0.101. The number of ether oxygens (including phenoxy) is 4. The highest BCUT2D eigenvalue weighted by atomic mass is 16.7. The maximum absolute atomic E-state index is 13.8. The lowest BCUT2D eigenvalue weighted by Gasteiger charge is -2.46. The quantitative estimate of drug-likeness (QED) is 0.154. The number of amides is 1. The maximum Gasteiger partial charge on any atom is 0.308 e. The molecule has 3 heterocycles. The van der Waals surface area contributed by atoms with Gasteiger partial charge in [-0.3, -0.25) is 9.59 Å². The second-order valence-corrected chi connectivity index (χ2v) is 18.2. The largest absolute Gasteiger partial charge is 0.462 e. The van der Waals surface area contributed by atoms with Gasteiger partial charge in [0.05, 0.1) is 98.7 Å². The van der Waals surface area contributed by atoms with Crippen LogP contribution in [0.4, 0.5) is 0 Å². The summed E-state index contributed by atoms with van der Waals surface area (Å²) in [6.45, 7) is 4.53. The van der Waals surface area contributed by atoms with Crippen molar-refractivity contribution < 1.29 is 84.7 Å². The van der Waals surface area contributed by atoms with Gasteiger partial charge in [-0.1, -0.05) is 98.9 Å². The van der Waals surface area contributed by atoms with Crippen LogP contribution in [0.5, 0.6) is 0 Å². The van der Waals surface area contributed by atoms with E-state index in [1.807, 2.05) is 31.2 Å². The van der Waals surface area contributed by atoms with Gasteiger partial charge in [0.2, 0.25) is 5.91 Å². The first-order valence-corrected chi connectivity index (χ1v) is 23.6. The number of aliphatic hydroxyl groups excluding tert-OH is 10. The number of cyclic esters (lactones) is 1. The first-order chi connectivity index (χ1) is 32.2. The van der Waals surface area contributed by atoms with Crippen molar-refractivity contribution in [2.24, 2.45) is 17.6 Å². The van der Waals surface area contributed by atoms with Crippen LogP contribution in [0.25, 0.3) is 0 Å². The average molecular weight is 967 g/mol. The summed E-state index contributed by atoms with van der Waals surface area (Å²) in [7, 11) is 0. The van der Waals surface area contributed by atoms with Gasteiger partial charge < -0.3 is 86.2 Å². The fourth-order valence-electron chi connectivity index (χ4n) is 8.08. The molecule has 0 saturated carbocycles. The van der Waals surface area contributed by atoms with Gasteiger partial charge in [0.25, 0.3) is 0 Å². The van der Waals surface area contributed by atoms with Crippen LogP contribution in [0.15, 0.2) is 85.1 Å². The molecule has 68 heavy (non-hydrogen) atoms. The molecule has 0 spiro atoms. The molecule has 14 N–H and O–H groups in total. The van der Waals surface area contributed by atoms with Crippen molar-refractivity contribution in [3.05, 3.63) is 85.1 Å². The molecule has 2 bridgehead atoms.